The van der Waals surface area contributed by atoms with E-state index in [4.69, 9.17) is 0 Å². The Morgan fingerprint density at radius 2 is 1.96 bits per heavy atom. The van der Waals surface area contributed by atoms with Crippen LogP contribution in [-0.4, -0.2) is 47.2 Å². The van der Waals surface area contributed by atoms with Gasteiger partial charge in [-0.1, -0.05) is 44.2 Å². The van der Waals surface area contributed by atoms with Gasteiger partial charge in [0.1, 0.15) is 0 Å². The van der Waals surface area contributed by atoms with Crippen LogP contribution in [0.2, 0.25) is 0 Å². The summed E-state index contributed by atoms with van der Waals surface area (Å²) in [5.41, 5.74) is 3.32. The number of rotatable bonds is 7. The second-order valence-corrected chi connectivity index (χ2v) is 6.89. The fourth-order valence-electron chi connectivity index (χ4n) is 2.90. The Hall–Kier alpha value is -2.83. The average molecular weight is 371 g/mol. The third kappa shape index (κ3) is 6.13. The first kappa shape index (κ1) is 20.5. The molecule has 0 radical (unpaired) electrons. The van der Waals surface area contributed by atoms with Gasteiger partial charge in [0, 0.05) is 46.0 Å². The van der Waals surface area contributed by atoms with E-state index in [-0.39, 0.29) is 12.5 Å². The van der Waals surface area contributed by atoms with E-state index in [1.807, 2.05) is 60.2 Å². The fourth-order valence-corrected chi connectivity index (χ4v) is 2.90. The average Bonchev–Trinajstić information content (AvgIpc) is 3.02. The van der Waals surface area contributed by atoms with Crippen molar-refractivity contribution in [1.82, 2.24) is 25.3 Å². The zero-order valence-corrected chi connectivity index (χ0v) is 16.9. The smallest absolute Gasteiger partial charge is 0.239 e. The molecule has 0 saturated carbocycles. The number of hydrogen-bond donors (Lipinski definition) is 2. The summed E-state index contributed by atoms with van der Waals surface area (Å²) in [6.07, 6.45) is 2.03. The van der Waals surface area contributed by atoms with Crippen molar-refractivity contribution in [1.29, 1.82) is 0 Å². The number of aryl methyl sites for hydroxylation is 1. The van der Waals surface area contributed by atoms with Crippen molar-refractivity contribution in [3.63, 3.8) is 0 Å². The molecule has 0 bridgehead atoms. The summed E-state index contributed by atoms with van der Waals surface area (Å²) in [6.45, 7) is 5.63. The van der Waals surface area contributed by atoms with E-state index in [1.165, 1.54) is 0 Å². The molecule has 1 aromatic carbocycles. The number of nitrogens with zero attached hydrogens (tertiary/aromatic N) is 4. The lowest BCUT2D eigenvalue weighted by Crippen LogP contribution is -2.43. The molecule has 0 saturated heterocycles. The summed E-state index contributed by atoms with van der Waals surface area (Å²) in [4.78, 5) is 18.4. The molecule has 7 nitrogen and oxygen atoms in total. The fraction of sp³-hybridized carbons (Fsp3) is 0.450. The summed E-state index contributed by atoms with van der Waals surface area (Å²) in [6, 6.07) is 9.85. The minimum atomic E-state index is -0.0716. The van der Waals surface area contributed by atoms with E-state index in [0.29, 0.717) is 25.0 Å². The van der Waals surface area contributed by atoms with Crippen molar-refractivity contribution in [2.45, 2.75) is 32.9 Å². The van der Waals surface area contributed by atoms with Gasteiger partial charge in [0.25, 0.3) is 0 Å². The second-order valence-electron chi connectivity index (χ2n) is 6.89. The van der Waals surface area contributed by atoms with Gasteiger partial charge in [-0.15, -0.1) is 0 Å². The first-order valence-electron chi connectivity index (χ1n) is 9.15. The van der Waals surface area contributed by atoms with Crippen LogP contribution in [0.25, 0.3) is 0 Å². The SMILES string of the molecule is CN=C(NCC(=O)NCc1ccccc1)N(C)Cc1cn(C)nc1C(C)C. The van der Waals surface area contributed by atoms with Crippen LogP contribution in [0.15, 0.2) is 41.5 Å². The van der Waals surface area contributed by atoms with Crippen LogP contribution in [0.1, 0.15) is 36.6 Å². The van der Waals surface area contributed by atoms with Gasteiger partial charge in [0.2, 0.25) is 5.91 Å². The molecule has 0 aliphatic carbocycles. The number of aromatic nitrogens is 2. The zero-order chi connectivity index (χ0) is 19.8. The van der Waals surface area contributed by atoms with Crippen LogP contribution in [0.5, 0.6) is 0 Å². The van der Waals surface area contributed by atoms with E-state index in [2.05, 4.69) is 34.6 Å². The third-order valence-electron chi connectivity index (χ3n) is 4.20. The molecule has 0 unspecified atom stereocenters. The Bertz CT molecular complexity index is 766. The van der Waals surface area contributed by atoms with E-state index < -0.39 is 0 Å². The van der Waals surface area contributed by atoms with Crippen molar-refractivity contribution in [2.75, 3.05) is 20.6 Å². The van der Waals surface area contributed by atoms with E-state index in [1.54, 1.807) is 7.05 Å². The molecule has 146 valence electrons. The molecule has 27 heavy (non-hydrogen) atoms. The molecule has 0 spiro atoms. The molecule has 7 heteroatoms. The standard InChI is InChI=1S/C20H30N6O/c1-15(2)19-17(14-26(5)24-19)13-25(4)20(21-3)23-12-18(27)22-11-16-9-7-6-8-10-16/h6-10,14-15H,11-13H2,1-5H3,(H,21,23)(H,22,27). The lowest BCUT2D eigenvalue weighted by atomic mass is 10.1. The van der Waals surface area contributed by atoms with Gasteiger partial charge in [0.05, 0.1) is 12.2 Å². The monoisotopic (exact) mass is 370 g/mol. The number of carbonyl (C=O) groups is 1. The molecule has 0 aliphatic heterocycles. The Morgan fingerprint density at radius 1 is 1.26 bits per heavy atom. The molecule has 2 aromatic rings. The summed E-state index contributed by atoms with van der Waals surface area (Å²) in [5.74, 6) is 0.953. The topological polar surface area (TPSA) is 74.6 Å². The Balaban J connectivity index is 1.86. The first-order chi connectivity index (χ1) is 12.9. The van der Waals surface area contributed by atoms with Crippen molar-refractivity contribution in [2.24, 2.45) is 12.0 Å². The Labute approximate surface area is 161 Å². The van der Waals surface area contributed by atoms with Crippen molar-refractivity contribution >= 4 is 11.9 Å². The molecule has 2 rings (SSSR count). The predicted molar refractivity (Wildman–Crippen MR) is 108 cm³/mol. The van der Waals surface area contributed by atoms with Crippen LogP contribution in [-0.2, 0) is 24.9 Å². The molecule has 0 atom stereocenters. The normalized spacial score (nSPS) is 11.6. The first-order valence-corrected chi connectivity index (χ1v) is 9.15. The van der Waals surface area contributed by atoms with Gasteiger partial charge in [0.15, 0.2) is 5.96 Å². The van der Waals surface area contributed by atoms with Crippen molar-refractivity contribution < 1.29 is 4.79 Å². The molecule has 1 aromatic heterocycles. The largest absolute Gasteiger partial charge is 0.350 e. The highest BCUT2D eigenvalue weighted by molar-refractivity contribution is 5.86. The molecule has 1 amide bonds. The number of amides is 1. The third-order valence-corrected chi connectivity index (χ3v) is 4.20. The minimum absolute atomic E-state index is 0.0716. The number of nitrogens with one attached hydrogen (secondary N) is 2. The lowest BCUT2D eigenvalue weighted by Gasteiger charge is -2.22. The number of carbonyl (C=O) groups excluding carboxylic acids is 1. The highest BCUT2D eigenvalue weighted by Gasteiger charge is 2.15. The van der Waals surface area contributed by atoms with Gasteiger partial charge in [-0.3, -0.25) is 14.5 Å². The van der Waals surface area contributed by atoms with Gasteiger partial charge in [-0.05, 0) is 11.5 Å². The quantitative estimate of drug-likeness (QED) is 0.576. The van der Waals surface area contributed by atoms with Crippen LogP contribution in [0.4, 0.5) is 0 Å². The summed E-state index contributed by atoms with van der Waals surface area (Å²) < 4.78 is 1.84. The molecule has 1 heterocycles. The number of guanidine groups is 1. The maximum atomic E-state index is 12.1. The van der Waals surface area contributed by atoms with Crippen LogP contribution >= 0.6 is 0 Å². The highest BCUT2D eigenvalue weighted by atomic mass is 16.1. The summed E-state index contributed by atoms with van der Waals surface area (Å²) in [5, 5.41) is 10.6. The van der Waals surface area contributed by atoms with Gasteiger partial charge < -0.3 is 15.5 Å². The van der Waals surface area contributed by atoms with Gasteiger partial charge in [-0.25, -0.2) is 0 Å². The van der Waals surface area contributed by atoms with Crippen LogP contribution in [0.3, 0.4) is 0 Å². The van der Waals surface area contributed by atoms with Crippen LogP contribution < -0.4 is 10.6 Å². The summed E-state index contributed by atoms with van der Waals surface area (Å²) >= 11 is 0. The van der Waals surface area contributed by atoms with E-state index in [0.717, 1.165) is 16.8 Å². The number of benzene rings is 1. The van der Waals surface area contributed by atoms with Crippen molar-refractivity contribution in [3.05, 3.63) is 53.3 Å². The molecular weight excluding hydrogens is 340 g/mol. The predicted octanol–water partition coefficient (Wildman–Crippen LogP) is 1.87. The molecular formula is C20H30N6O. The van der Waals surface area contributed by atoms with E-state index >= 15 is 0 Å². The lowest BCUT2D eigenvalue weighted by molar-refractivity contribution is -0.120. The van der Waals surface area contributed by atoms with E-state index in [9.17, 15) is 4.79 Å². The minimum Gasteiger partial charge on any atom is -0.350 e. The Kier molecular flexibility index (Phi) is 7.40. The maximum absolute atomic E-state index is 12.1. The Morgan fingerprint density at radius 3 is 2.59 bits per heavy atom. The number of aliphatic imine (C=N–C) groups is 1. The van der Waals surface area contributed by atoms with Gasteiger partial charge in [-0.2, -0.15) is 5.10 Å². The second kappa shape index (κ2) is 9.75. The maximum Gasteiger partial charge on any atom is 0.239 e. The summed E-state index contributed by atoms with van der Waals surface area (Å²) in [7, 11) is 5.60. The zero-order valence-electron chi connectivity index (χ0n) is 16.9. The number of hydrogen-bond acceptors (Lipinski definition) is 3. The molecule has 0 aliphatic rings. The molecule has 2 N–H and O–H groups in total. The van der Waals surface area contributed by atoms with Crippen LogP contribution in [0, 0.1) is 0 Å². The molecule has 0 fully saturated rings. The van der Waals surface area contributed by atoms with Crippen molar-refractivity contribution in [3.8, 4) is 0 Å². The van der Waals surface area contributed by atoms with Gasteiger partial charge >= 0.3 is 0 Å². The highest BCUT2D eigenvalue weighted by Crippen LogP contribution is 2.18.